The molecule has 4 rings (SSSR count). The fourth-order valence-corrected chi connectivity index (χ4v) is 4.86. The highest BCUT2D eigenvalue weighted by Gasteiger charge is 2.31. The van der Waals surface area contributed by atoms with E-state index in [4.69, 9.17) is 33.7 Å². The molecule has 31 heavy (non-hydrogen) atoms. The zero-order valence-corrected chi connectivity index (χ0v) is 19.4. The van der Waals surface area contributed by atoms with Crippen LogP contribution < -0.4 is 4.74 Å². The summed E-state index contributed by atoms with van der Waals surface area (Å²) in [6.45, 7) is 2.64. The van der Waals surface area contributed by atoms with Gasteiger partial charge < -0.3 is 4.74 Å². The van der Waals surface area contributed by atoms with Gasteiger partial charge in [0.15, 0.2) is 0 Å². The second kappa shape index (κ2) is 9.26. The molecule has 1 fully saturated rings. The lowest BCUT2D eigenvalue weighted by Gasteiger charge is -2.11. The molecule has 0 saturated carbocycles. The van der Waals surface area contributed by atoms with Gasteiger partial charge in [0.25, 0.3) is 5.91 Å². The number of carbonyl (C=O) groups excluding carboxylic acids is 1. The van der Waals surface area contributed by atoms with Crippen molar-refractivity contribution in [3.63, 3.8) is 0 Å². The lowest BCUT2D eigenvalue weighted by atomic mass is 10.1. The van der Waals surface area contributed by atoms with Gasteiger partial charge in [-0.2, -0.15) is 5.10 Å². The average Bonchev–Trinajstić information content (AvgIpc) is 3.31. The number of rotatable bonds is 6. The Hall–Kier alpha value is -2.61. The first-order valence-electron chi connectivity index (χ1n) is 9.76. The molecule has 1 aliphatic rings. The molecule has 2 aromatic carbocycles. The molecular weight excluding hydrogens is 450 g/mol. The molecule has 0 N–H and O–H groups in total. The third kappa shape index (κ3) is 4.39. The highest BCUT2D eigenvalue weighted by molar-refractivity contribution is 8.26. The van der Waals surface area contributed by atoms with Crippen LogP contribution in [0.2, 0.25) is 5.02 Å². The summed E-state index contributed by atoms with van der Waals surface area (Å²) in [7, 11) is 1.58. The first-order valence-corrected chi connectivity index (χ1v) is 11.4. The summed E-state index contributed by atoms with van der Waals surface area (Å²) in [4.78, 5) is 15.1. The van der Waals surface area contributed by atoms with Crippen molar-refractivity contribution in [3.8, 4) is 22.7 Å². The maximum absolute atomic E-state index is 12.9. The number of halogens is 1. The smallest absolute Gasteiger partial charge is 0.266 e. The minimum absolute atomic E-state index is 0.0666. The van der Waals surface area contributed by atoms with Crippen LogP contribution in [0, 0.1) is 0 Å². The van der Waals surface area contributed by atoms with Crippen LogP contribution in [0.5, 0.6) is 5.75 Å². The zero-order chi connectivity index (χ0) is 22.0. The minimum Gasteiger partial charge on any atom is -0.495 e. The molecule has 1 aromatic heterocycles. The zero-order valence-electron chi connectivity index (χ0n) is 17.0. The van der Waals surface area contributed by atoms with Crippen LogP contribution in [0.4, 0.5) is 0 Å². The lowest BCUT2D eigenvalue weighted by molar-refractivity contribution is -0.122. The predicted molar refractivity (Wildman–Crippen MR) is 131 cm³/mol. The SMILES string of the molecule is CCCN1C(=O)C(=Cc2cn(-c3ccccc3)nc2-c2ccc(OC)c(Cl)c2)SC1=S. The first-order chi connectivity index (χ1) is 15.0. The number of amides is 1. The number of thioether (sulfide) groups is 1. The Labute approximate surface area is 195 Å². The van der Waals surface area contributed by atoms with Crippen molar-refractivity contribution in [2.75, 3.05) is 13.7 Å². The molecule has 0 aliphatic carbocycles. The number of benzene rings is 2. The van der Waals surface area contributed by atoms with E-state index in [1.54, 1.807) is 16.7 Å². The number of hydrogen-bond acceptors (Lipinski definition) is 5. The number of nitrogens with zero attached hydrogens (tertiary/aromatic N) is 3. The summed E-state index contributed by atoms with van der Waals surface area (Å²) in [5, 5.41) is 5.29. The molecule has 1 aliphatic heterocycles. The molecule has 1 amide bonds. The van der Waals surface area contributed by atoms with Gasteiger partial charge >= 0.3 is 0 Å². The Balaban J connectivity index is 1.81. The van der Waals surface area contributed by atoms with Gasteiger partial charge in [0.2, 0.25) is 0 Å². The molecule has 0 bridgehead atoms. The average molecular weight is 470 g/mol. The van der Waals surface area contributed by atoms with E-state index < -0.39 is 0 Å². The van der Waals surface area contributed by atoms with Crippen molar-refractivity contribution in [1.29, 1.82) is 0 Å². The van der Waals surface area contributed by atoms with Crippen molar-refractivity contribution in [1.82, 2.24) is 14.7 Å². The highest BCUT2D eigenvalue weighted by Crippen LogP contribution is 2.36. The standard InChI is InChI=1S/C23H20ClN3O2S2/c1-3-11-26-22(28)20(31-23(26)30)13-16-14-27(17-7-5-4-6-8-17)25-21(16)15-9-10-19(29-2)18(24)12-15/h4-10,12-14H,3,11H2,1-2H3. The molecule has 5 nitrogen and oxygen atoms in total. The Kier molecular flexibility index (Phi) is 6.46. The van der Waals surface area contributed by atoms with E-state index in [1.165, 1.54) is 11.8 Å². The summed E-state index contributed by atoms with van der Waals surface area (Å²) in [5.41, 5.74) is 3.27. The molecule has 0 radical (unpaired) electrons. The van der Waals surface area contributed by atoms with E-state index in [0.717, 1.165) is 23.2 Å². The van der Waals surface area contributed by atoms with Gasteiger partial charge in [0.05, 0.1) is 22.7 Å². The minimum atomic E-state index is -0.0666. The van der Waals surface area contributed by atoms with Gasteiger partial charge in [-0.1, -0.05) is 60.7 Å². The molecule has 158 valence electrons. The lowest BCUT2D eigenvalue weighted by Crippen LogP contribution is -2.28. The molecule has 0 atom stereocenters. The number of methoxy groups -OCH3 is 1. The van der Waals surface area contributed by atoms with Gasteiger partial charge in [-0.05, 0) is 42.8 Å². The molecule has 0 spiro atoms. The molecule has 2 heterocycles. The van der Waals surface area contributed by atoms with Crippen LogP contribution >= 0.6 is 35.6 Å². The van der Waals surface area contributed by atoms with Crippen LogP contribution in [-0.4, -0.2) is 38.6 Å². The second-order valence-corrected chi connectivity index (χ2v) is 8.98. The van der Waals surface area contributed by atoms with Crippen LogP contribution in [-0.2, 0) is 4.79 Å². The van der Waals surface area contributed by atoms with Gasteiger partial charge in [-0.15, -0.1) is 0 Å². The van der Waals surface area contributed by atoms with Crippen molar-refractivity contribution >= 4 is 51.9 Å². The summed E-state index contributed by atoms with van der Waals surface area (Å²) in [5.74, 6) is 0.526. The van der Waals surface area contributed by atoms with E-state index in [-0.39, 0.29) is 5.91 Å². The Morgan fingerprint density at radius 2 is 2.00 bits per heavy atom. The fraction of sp³-hybridized carbons (Fsp3) is 0.174. The highest BCUT2D eigenvalue weighted by atomic mass is 35.5. The van der Waals surface area contributed by atoms with Crippen LogP contribution in [0.1, 0.15) is 18.9 Å². The second-order valence-electron chi connectivity index (χ2n) is 6.90. The van der Waals surface area contributed by atoms with Gasteiger partial charge in [0.1, 0.15) is 15.8 Å². The van der Waals surface area contributed by atoms with Crippen molar-refractivity contribution in [2.24, 2.45) is 0 Å². The predicted octanol–water partition coefficient (Wildman–Crippen LogP) is 5.81. The maximum atomic E-state index is 12.9. The Morgan fingerprint density at radius 1 is 1.23 bits per heavy atom. The Bertz CT molecular complexity index is 1170. The van der Waals surface area contributed by atoms with E-state index in [9.17, 15) is 4.79 Å². The van der Waals surface area contributed by atoms with Gasteiger partial charge in [-0.25, -0.2) is 4.68 Å². The normalized spacial score (nSPS) is 15.2. The number of para-hydroxylation sites is 1. The quantitative estimate of drug-likeness (QED) is 0.336. The van der Waals surface area contributed by atoms with E-state index in [2.05, 4.69) is 0 Å². The number of hydrogen-bond donors (Lipinski definition) is 0. The summed E-state index contributed by atoms with van der Waals surface area (Å²) in [6, 6.07) is 15.3. The third-order valence-electron chi connectivity index (χ3n) is 4.80. The van der Waals surface area contributed by atoms with E-state index >= 15 is 0 Å². The monoisotopic (exact) mass is 469 g/mol. The number of thiocarbonyl (C=S) groups is 1. The van der Waals surface area contributed by atoms with Crippen molar-refractivity contribution < 1.29 is 9.53 Å². The van der Waals surface area contributed by atoms with Gasteiger partial charge in [0, 0.05) is 23.9 Å². The molecule has 8 heteroatoms. The van der Waals surface area contributed by atoms with E-state index in [1.807, 2.05) is 67.7 Å². The molecule has 3 aromatic rings. The maximum Gasteiger partial charge on any atom is 0.266 e. The van der Waals surface area contributed by atoms with Crippen LogP contribution in [0.25, 0.3) is 23.0 Å². The molecule has 1 saturated heterocycles. The molecule has 0 unspecified atom stereocenters. The van der Waals surface area contributed by atoms with Crippen molar-refractivity contribution in [2.45, 2.75) is 13.3 Å². The third-order valence-corrected chi connectivity index (χ3v) is 6.47. The largest absolute Gasteiger partial charge is 0.495 e. The summed E-state index contributed by atoms with van der Waals surface area (Å²) < 4.78 is 7.65. The first kappa shape index (κ1) is 21.6. The number of ether oxygens (including phenoxy) is 1. The Morgan fingerprint density at radius 3 is 2.68 bits per heavy atom. The summed E-state index contributed by atoms with van der Waals surface area (Å²) >= 11 is 13.1. The fourth-order valence-electron chi connectivity index (χ4n) is 3.30. The van der Waals surface area contributed by atoms with E-state index in [0.29, 0.717) is 32.2 Å². The van der Waals surface area contributed by atoms with Crippen LogP contribution in [0.15, 0.2) is 59.6 Å². The summed E-state index contributed by atoms with van der Waals surface area (Å²) in [6.07, 6.45) is 4.62. The topological polar surface area (TPSA) is 47.4 Å². The number of aromatic nitrogens is 2. The number of carbonyl (C=O) groups is 1. The molecular formula is C23H20ClN3O2S2. The van der Waals surface area contributed by atoms with Crippen molar-refractivity contribution in [3.05, 3.63) is 70.2 Å². The van der Waals surface area contributed by atoms with Crippen LogP contribution in [0.3, 0.4) is 0 Å². The van der Waals surface area contributed by atoms with Gasteiger partial charge in [-0.3, -0.25) is 9.69 Å².